The van der Waals surface area contributed by atoms with Crippen LogP contribution in [-0.2, 0) is 21.8 Å². The van der Waals surface area contributed by atoms with Crippen LogP contribution in [0.15, 0.2) is 48.5 Å². The molecule has 1 heterocycles. The second-order valence-electron chi connectivity index (χ2n) is 8.43. The molecular weight excluding hydrogens is 543 g/mol. The van der Waals surface area contributed by atoms with Crippen molar-refractivity contribution in [1.82, 2.24) is 5.32 Å². The Balaban J connectivity index is 1.86. The van der Waals surface area contributed by atoms with Gasteiger partial charge in [0.25, 0.3) is 11.8 Å². The molecule has 0 saturated heterocycles. The Morgan fingerprint density at radius 3 is 2.41 bits per heavy atom. The molecule has 0 unspecified atom stereocenters. The minimum Gasteiger partial charge on any atom is -0.341 e. The molecule has 0 aromatic heterocycles. The summed E-state index contributed by atoms with van der Waals surface area (Å²) >= 11 is 6.21. The minimum absolute atomic E-state index is 0.0583. The van der Waals surface area contributed by atoms with Crippen molar-refractivity contribution in [3.63, 3.8) is 0 Å². The molecule has 194 valence electrons. The number of benzene rings is 3. The van der Waals surface area contributed by atoms with Crippen LogP contribution in [0.3, 0.4) is 0 Å². The van der Waals surface area contributed by atoms with Gasteiger partial charge in [-0.3, -0.25) is 9.59 Å². The van der Waals surface area contributed by atoms with Crippen molar-refractivity contribution in [3.8, 4) is 0 Å². The zero-order valence-corrected chi connectivity index (χ0v) is 20.3. The second-order valence-corrected chi connectivity index (χ2v) is 11.0. The first-order chi connectivity index (χ1) is 17.1. The highest BCUT2D eigenvalue weighted by Gasteiger charge is 2.36. The summed E-state index contributed by atoms with van der Waals surface area (Å²) in [7, 11) is -3.60. The van der Waals surface area contributed by atoms with Gasteiger partial charge in [-0.1, -0.05) is 11.6 Å². The maximum atomic E-state index is 14.0. The molecule has 0 bridgehead atoms. The fraction of sp³-hybridized carbons (Fsp3) is 0.167. The quantitative estimate of drug-likeness (QED) is 0.418. The van der Waals surface area contributed by atoms with E-state index in [9.17, 15) is 40.0 Å². The van der Waals surface area contributed by atoms with Crippen LogP contribution < -0.4 is 10.6 Å². The van der Waals surface area contributed by atoms with Crippen molar-refractivity contribution in [2.24, 2.45) is 0 Å². The molecule has 2 N–H and O–H groups in total. The Labute approximate surface area is 212 Å². The summed E-state index contributed by atoms with van der Waals surface area (Å²) in [6.07, 6.45) is -3.98. The molecular formula is C24H16ClF5N2O4S. The van der Waals surface area contributed by atoms with Gasteiger partial charge in [-0.25, -0.2) is 17.2 Å². The largest absolute Gasteiger partial charge is 0.416 e. The van der Waals surface area contributed by atoms with Gasteiger partial charge >= 0.3 is 6.18 Å². The van der Waals surface area contributed by atoms with Crippen LogP contribution in [-0.4, -0.2) is 26.5 Å². The number of amides is 2. The number of halogens is 6. The molecule has 0 fully saturated rings. The molecule has 4 rings (SSSR count). The van der Waals surface area contributed by atoms with Crippen molar-refractivity contribution in [2.45, 2.75) is 18.0 Å². The molecule has 0 spiro atoms. The van der Waals surface area contributed by atoms with Gasteiger partial charge in [0, 0.05) is 39.2 Å². The van der Waals surface area contributed by atoms with Gasteiger partial charge in [-0.05, 0) is 54.1 Å². The summed E-state index contributed by atoms with van der Waals surface area (Å²) in [6, 6.07) is 6.07. The average Bonchev–Trinajstić information content (AvgIpc) is 3.09. The summed E-state index contributed by atoms with van der Waals surface area (Å²) < 4.78 is 91.1. The first kappa shape index (κ1) is 26.6. The van der Waals surface area contributed by atoms with E-state index in [0.29, 0.717) is 12.1 Å². The van der Waals surface area contributed by atoms with E-state index in [1.807, 2.05) is 0 Å². The lowest BCUT2D eigenvalue weighted by atomic mass is 9.94. The maximum Gasteiger partial charge on any atom is 0.416 e. The number of hydrogen-bond donors (Lipinski definition) is 2. The number of carbonyl (C=O) groups is 2. The number of rotatable bonds is 5. The van der Waals surface area contributed by atoms with Gasteiger partial charge in [0.15, 0.2) is 9.84 Å². The van der Waals surface area contributed by atoms with Crippen LogP contribution in [0.1, 0.15) is 49.0 Å². The molecule has 0 radical (unpaired) electrons. The SMILES string of the molecule is CS(=O)(=O)Cc1cc(NC(=O)c2cc(F)cc(C(F)(F)F)c2)c2c(c1)C(=O)N[C@H]2c1cc(F)ccc1Cl. The molecule has 13 heteroatoms. The first-order valence-electron chi connectivity index (χ1n) is 10.4. The highest BCUT2D eigenvalue weighted by Crippen LogP contribution is 2.40. The standard InChI is InChI=1S/C24H16ClF5N2O4S/c1-37(35,36)10-11-4-17-20(21(32-23(17)34)16-9-14(26)2-3-18(16)25)19(5-11)31-22(33)12-6-13(24(28,29)30)8-15(27)7-12/h2-9,21H,10H2,1H3,(H,31,33)(H,32,34)/t21-/m0/s1. The van der Waals surface area contributed by atoms with Crippen LogP contribution in [0.4, 0.5) is 27.6 Å². The molecule has 0 aliphatic carbocycles. The number of nitrogens with one attached hydrogen (secondary N) is 2. The van der Waals surface area contributed by atoms with E-state index in [-0.39, 0.29) is 39.0 Å². The van der Waals surface area contributed by atoms with Gasteiger partial charge in [0.05, 0.1) is 17.4 Å². The van der Waals surface area contributed by atoms with Gasteiger partial charge in [0.1, 0.15) is 11.6 Å². The fourth-order valence-corrected chi connectivity index (χ4v) is 5.03. The molecule has 0 saturated carbocycles. The molecule has 1 atom stereocenters. The summed E-state index contributed by atoms with van der Waals surface area (Å²) in [4.78, 5) is 25.7. The minimum atomic E-state index is -4.93. The zero-order valence-electron chi connectivity index (χ0n) is 18.7. The lowest BCUT2D eigenvalue weighted by Gasteiger charge is -2.19. The van der Waals surface area contributed by atoms with Crippen LogP contribution in [0.5, 0.6) is 0 Å². The lowest BCUT2D eigenvalue weighted by Crippen LogP contribution is -2.21. The van der Waals surface area contributed by atoms with E-state index >= 15 is 0 Å². The smallest absolute Gasteiger partial charge is 0.341 e. The summed E-state index contributed by atoms with van der Waals surface area (Å²) in [5, 5.41) is 5.00. The number of alkyl halides is 3. The molecule has 3 aromatic rings. The van der Waals surface area contributed by atoms with Crippen LogP contribution in [0.25, 0.3) is 0 Å². The van der Waals surface area contributed by atoms with Crippen molar-refractivity contribution in [3.05, 3.63) is 98.6 Å². The molecule has 2 amide bonds. The predicted molar refractivity (Wildman–Crippen MR) is 125 cm³/mol. The molecule has 1 aliphatic heterocycles. The lowest BCUT2D eigenvalue weighted by molar-refractivity contribution is -0.137. The Morgan fingerprint density at radius 2 is 1.76 bits per heavy atom. The highest BCUT2D eigenvalue weighted by atomic mass is 35.5. The van der Waals surface area contributed by atoms with Crippen molar-refractivity contribution in [2.75, 3.05) is 11.6 Å². The maximum absolute atomic E-state index is 14.0. The van der Waals surface area contributed by atoms with Gasteiger partial charge < -0.3 is 10.6 Å². The van der Waals surface area contributed by atoms with Gasteiger partial charge in [-0.2, -0.15) is 13.2 Å². The summed E-state index contributed by atoms with van der Waals surface area (Å²) in [6.45, 7) is 0. The number of fused-ring (bicyclic) bond motifs is 1. The average molecular weight is 559 g/mol. The second kappa shape index (κ2) is 9.42. The summed E-state index contributed by atoms with van der Waals surface area (Å²) in [5.74, 6) is -4.36. The number of sulfone groups is 1. The van der Waals surface area contributed by atoms with Crippen molar-refractivity contribution < 1.29 is 40.0 Å². The Hall–Kier alpha value is -3.51. The predicted octanol–water partition coefficient (Wildman–Crippen LogP) is 5.27. The molecule has 1 aliphatic rings. The third kappa shape index (κ3) is 5.75. The molecule has 3 aromatic carbocycles. The zero-order chi connectivity index (χ0) is 27.3. The monoisotopic (exact) mass is 558 g/mol. The van der Waals surface area contributed by atoms with Gasteiger partial charge in [-0.15, -0.1) is 0 Å². The third-order valence-corrected chi connectivity index (χ3v) is 6.68. The summed E-state index contributed by atoms with van der Waals surface area (Å²) in [5.41, 5.74) is -1.99. The number of anilines is 1. The van der Waals surface area contributed by atoms with E-state index in [0.717, 1.165) is 18.4 Å². The number of carbonyl (C=O) groups excluding carboxylic acids is 2. The van der Waals surface area contributed by atoms with E-state index in [1.54, 1.807) is 0 Å². The Kier molecular flexibility index (Phi) is 6.76. The highest BCUT2D eigenvalue weighted by molar-refractivity contribution is 7.89. The van der Waals surface area contributed by atoms with Gasteiger partial charge in [0.2, 0.25) is 0 Å². The first-order valence-corrected chi connectivity index (χ1v) is 12.9. The Bertz CT molecular complexity index is 1560. The normalized spacial score (nSPS) is 15.3. The topological polar surface area (TPSA) is 92.3 Å². The fourth-order valence-electron chi connectivity index (χ4n) is 4.03. The van der Waals surface area contributed by atoms with Crippen molar-refractivity contribution in [1.29, 1.82) is 0 Å². The van der Waals surface area contributed by atoms with Crippen LogP contribution >= 0.6 is 11.6 Å². The Morgan fingerprint density at radius 1 is 1.05 bits per heavy atom. The van der Waals surface area contributed by atoms with Crippen LogP contribution in [0.2, 0.25) is 5.02 Å². The number of hydrogen-bond acceptors (Lipinski definition) is 4. The van der Waals surface area contributed by atoms with E-state index in [4.69, 9.17) is 11.6 Å². The third-order valence-electron chi connectivity index (χ3n) is 5.48. The van der Waals surface area contributed by atoms with Crippen molar-refractivity contribution >= 4 is 38.9 Å². The van der Waals surface area contributed by atoms with E-state index in [2.05, 4.69) is 10.6 Å². The van der Waals surface area contributed by atoms with E-state index < -0.39 is 62.4 Å². The van der Waals surface area contributed by atoms with Crippen LogP contribution in [0, 0.1) is 11.6 Å². The molecule has 6 nitrogen and oxygen atoms in total. The van der Waals surface area contributed by atoms with E-state index in [1.165, 1.54) is 18.2 Å². The molecule has 37 heavy (non-hydrogen) atoms.